The lowest BCUT2D eigenvalue weighted by atomic mass is 10.1. The summed E-state index contributed by atoms with van der Waals surface area (Å²) in [5.41, 5.74) is 1.66. The van der Waals surface area contributed by atoms with Crippen molar-refractivity contribution >= 4 is 17.5 Å². The molecule has 1 fully saturated rings. The molecule has 0 radical (unpaired) electrons. The quantitative estimate of drug-likeness (QED) is 0.701. The molecule has 150 valence electrons. The van der Waals surface area contributed by atoms with Crippen molar-refractivity contribution in [2.45, 2.75) is 32.7 Å². The zero-order valence-electron chi connectivity index (χ0n) is 16.2. The summed E-state index contributed by atoms with van der Waals surface area (Å²) in [6.07, 6.45) is 3.22. The topological polar surface area (TPSA) is 119 Å². The van der Waals surface area contributed by atoms with E-state index in [0.717, 1.165) is 6.42 Å². The molecular weight excluding hydrogens is 374 g/mol. The van der Waals surface area contributed by atoms with Gasteiger partial charge in [-0.15, -0.1) is 5.10 Å². The SMILES string of the molecule is CCc1noc(-c2cn(C3CCN(C(=O)c4cccc(NC(C)=O)c4)C3)nn2)n1. The Morgan fingerprint density at radius 3 is 2.97 bits per heavy atom. The van der Waals surface area contributed by atoms with Gasteiger partial charge < -0.3 is 14.7 Å². The molecule has 1 unspecified atom stereocenters. The Hall–Kier alpha value is -3.56. The first-order valence-electron chi connectivity index (χ1n) is 9.45. The molecule has 1 saturated heterocycles. The molecule has 0 aliphatic carbocycles. The minimum Gasteiger partial charge on any atom is -0.336 e. The van der Waals surface area contributed by atoms with E-state index in [1.165, 1.54) is 6.92 Å². The molecule has 1 aliphatic heterocycles. The second-order valence-corrected chi connectivity index (χ2v) is 6.91. The molecule has 3 aromatic rings. The van der Waals surface area contributed by atoms with Crippen LogP contribution in [-0.2, 0) is 11.2 Å². The number of benzene rings is 1. The number of carbonyl (C=O) groups is 2. The minimum absolute atomic E-state index is 0.0206. The van der Waals surface area contributed by atoms with E-state index in [2.05, 4.69) is 25.8 Å². The monoisotopic (exact) mass is 395 g/mol. The number of nitrogens with one attached hydrogen (secondary N) is 1. The third-order valence-corrected chi connectivity index (χ3v) is 4.77. The van der Waals surface area contributed by atoms with Gasteiger partial charge in [0.25, 0.3) is 11.8 Å². The van der Waals surface area contributed by atoms with Gasteiger partial charge in [0.1, 0.15) is 0 Å². The van der Waals surface area contributed by atoms with Gasteiger partial charge in [-0.05, 0) is 24.6 Å². The maximum Gasteiger partial charge on any atom is 0.280 e. The maximum atomic E-state index is 12.9. The number of carbonyl (C=O) groups excluding carboxylic acids is 2. The molecule has 0 bridgehead atoms. The van der Waals surface area contributed by atoms with Crippen LogP contribution in [0.15, 0.2) is 35.0 Å². The van der Waals surface area contributed by atoms with E-state index < -0.39 is 0 Å². The molecule has 29 heavy (non-hydrogen) atoms. The highest BCUT2D eigenvalue weighted by Gasteiger charge is 2.29. The molecule has 1 aliphatic rings. The number of hydrogen-bond acceptors (Lipinski definition) is 7. The summed E-state index contributed by atoms with van der Waals surface area (Å²) in [4.78, 5) is 30.1. The molecule has 3 heterocycles. The van der Waals surface area contributed by atoms with Crippen LogP contribution in [0.4, 0.5) is 5.69 Å². The first-order valence-corrected chi connectivity index (χ1v) is 9.45. The zero-order valence-corrected chi connectivity index (χ0v) is 16.2. The highest BCUT2D eigenvalue weighted by molar-refractivity contribution is 5.97. The predicted octanol–water partition coefficient (Wildman–Crippen LogP) is 1.94. The standard InChI is InChI=1S/C19H21N7O3/c1-3-17-21-18(29-23-17)16-11-26(24-22-16)15-7-8-25(10-15)19(28)13-5-4-6-14(9-13)20-12(2)27/h4-6,9,11,15H,3,7-8,10H2,1-2H3,(H,20,27). The minimum atomic E-state index is -0.176. The van der Waals surface area contributed by atoms with Crippen molar-refractivity contribution < 1.29 is 14.1 Å². The number of anilines is 1. The second-order valence-electron chi connectivity index (χ2n) is 6.91. The van der Waals surface area contributed by atoms with E-state index in [1.807, 2.05) is 6.92 Å². The van der Waals surface area contributed by atoms with Crippen LogP contribution in [0.3, 0.4) is 0 Å². The zero-order chi connectivity index (χ0) is 20.4. The molecule has 0 spiro atoms. The van der Waals surface area contributed by atoms with E-state index in [4.69, 9.17) is 4.52 Å². The van der Waals surface area contributed by atoms with Gasteiger partial charge in [0.05, 0.1) is 12.2 Å². The number of aromatic nitrogens is 5. The van der Waals surface area contributed by atoms with Crippen LogP contribution in [-0.4, -0.2) is 54.9 Å². The van der Waals surface area contributed by atoms with Gasteiger partial charge in [-0.2, -0.15) is 4.98 Å². The fourth-order valence-corrected chi connectivity index (χ4v) is 3.31. The lowest BCUT2D eigenvalue weighted by molar-refractivity contribution is -0.114. The lowest BCUT2D eigenvalue weighted by Gasteiger charge is -2.17. The van der Waals surface area contributed by atoms with E-state index >= 15 is 0 Å². The number of aryl methyl sites for hydroxylation is 1. The second kappa shape index (κ2) is 7.82. The maximum absolute atomic E-state index is 12.9. The molecule has 2 aromatic heterocycles. The fraction of sp³-hybridized carbons (Fsp3) is 0.368. The molecule has 0 saturated carbocycles. The molecule has 1 N–H and O–H groups in total. The van der Waals surface area contributed by atoms with E-state index in [9.17, 15) is 9.59 Å². The van der Waals surface area contributed by atoms with Crippen molar-refractivity contribution in [3.63, 3.8) is 0 Å². The van der Waals surface area contributed by atoms with E-state index in [-0.39, 0.29) is 17.9 Å². The average molecular weight is 395 g/mol. The fourth-order valence-electron chi connectivity index (χ4n) is 3.31. The van der Waals surface area contributed by atoms with Crippen molar-refractivity contribution in [3.05, 3.63) is 41.9 Å². The normalized spacial score (nSPS) is 16.2. The highest BCUT2D eigenvalue weighted by atomic mass is 16.5. The highest BCUT2D eigenvalue weighted by Crippen LogP contribution is 2.25. The Balaban J connectivity index is 1.44. The van der Waals surface area contributed by atoms with Gasteiger partial charge in [0, 0.05) is 37.7 Å². The van der Waals surface area contributed by atoms with Crippen LogP contribution in [0, 0.1) is 0 Å². The molecular formula is C19H21N7O3. The summed E-state index contributed by atoms with van der Waals surface area (Å²) in [6.45, 7) is 4.52. The Bertz CT molecular complexity index is 1040. The van der Waals surface area contributed by atoms with Gasteiger partial charge in [-0.1, -0.05) is 23.4 Å². The van der Waals surface area contributed by atoms with Crippen molar-refractivity contribution in [2.75, 3.05) is 18.4 Å². The van der Waals surface area contributed by atoms with Crippen LogP contribution in [0.5, 0.6) is 0 Å². The Morgan fingerprint density at radius 1 is 1.34 bits per heavy atom. The summed E-state index contributed by atoms with van der Waals surface area (Å²) < 4.78 is 6.94. The Morgan fingerprint density at radius 2 is 2.21 bits per heavy atom. The molecule has 1 aromatic carbocycles. The number of nitrogens with zero attached hydrogens (tertiary/aromatic N) is 6. The first kappa shape index (κ1) is 18.8. The van der Waals surface area contributed by atoms with Gasteiger partial charge in [0.15, 0.2) is 11.5 Å². The van der Waals surface area contributed by atoms with Gasteiger partial charge in [0.2, 0.25) is 5.91 Å². The van der Waals surface area contributed by atoms with Gasteiger partial charge in [-0.25, -0.2) is 4.68 Å². The van der Waals surface area contributed by atoms with Gasteiger partial charge >= 0.3 is 0 Å². The van der Waals surface area contributed by atoms with Crippen molar-refractivity contribution in [1.82, 2.24) is 30.0 Å². The first-order chi connectivity index (χ1) is 14.0. The Kier molecular flexibility index (Phi) is 5.07. The van der Waals surface area contributed by atoms with Crippen molar-refractivity contribution in [2.24, 2.45) is 0 Å². The summed E-state index contributed by atoms with van der Waals surface area (Å²) >= 11 is 0. The van der Waals surface area contributed by atoms with Crippen LogP contribution < -0.4 is 5.32 Å². The van der Waals surface area contributed by atoms with Crippen LogP contribution in [0.25, 0.3) is 11.6 Å². The molecule has 4 rings (SSSR count). The number of hydrogen-bond donors (Lipinski definition) is 1. The molecule has 1 atom stereocenters. The summed E-state index contributed by atoms with van der Waals surface area (Å²) in [5.74, 6) is 0.706. The van der Waals surface area contributed by atoms with Crippen LogP contribution in [0.2, 0.25) is 0 Å². The third-order valence-electron chi connectivity index (χ3n) is 4.77. The summed E-state index contributed by atoms with van der Waals surface area (Å²) in [7, 11) is 0. The number of rotatable bonds is 5. The van der Waals surface area contributed by atoms with Crippen LogP contribution in [0.1, 0.15) is 42.5 Å². The lowest BCUT2D eigenvalue weighted by Crippen LogP contribution is -2.29. The predicted molar refractivity (Wildman–Crippen MR) is 103 cm³/mol. The third kappa shape index (κ3) is 4.00. The molecule has 10 heteroatoms. The smallest absolute Gasteiger partial charge is 0.280 e. The average Bonchev–Trinajstić information content (AvgIpc) is 3.46. The number of likely N-dealkylation sites (tertiary alicyclic amines) is 1. The molecule has 2 amide bonds. The summed E-state index contributed by atoms with van der Waals surface area (Å²) in [6, 6.07) is 6.96. The Labute approximate surface area is 166 Å². The summed E-state index contributed by atoms with van der Waals surface area (Å²) in [5, 5.41) is 14.9. The van der Waals surface area contributed by atoms with E-state index in [0.29, 0.717) is 48.2 Å². The van der Waals surface area contributed by atoms with Crippen molar-refractivity contribution in [3.8, 4) is 11.6 Å². The van der Waals surface area contributed by atoms with Crippen molar-refractivity contribution in [1.29, 1.82) is 0 Å². The van der Waals surface area contributed by atoms with Gasteiger partial charge in [-0.3, -0.25) is 9.59 Å². The largest absolute Gasteiger partial charge is 0.336 e. The van der Waals surface area contributed by atoms with Crippen LogP contribution >= 0.6 is 0 Å². The number of amides is 2. The van der Waals surface area contributed by atoms with E-state index in [1.54, 1.807) is 40.0 Å². The molecule has 10 nitrogen and oxygen atoms in total.